The first-order chi connectivity index (χ1) is 15.2. The Labute approximate surface area is 180 Å². The van der Waals surface area contributed by atoms with E-state index in [1.165, 1.54) is 12.1 Å². The van der Waals surface area contributed by atoms with Crippen LogP contribution in [0.3, 0.4) is 0 Å². The number of rotatable bonds is 4. The maximum Gasteiger partial charge on any atom is 0.237 e. The number of benzene rings is 3. The van der Waals surface area contributed by atoms with Crippen molar-refractivity contribution in [3.05, 3.63) is 137 Å². The monoisotopic (exact) mass is 408 g/mol. The summed E-state index contributed by atoms with van der Waals surface area (Å²) >= 11 is 0. The molecule has 0 amide bonds. The van der Waals surface area contributed by atoms with Crippen LogP contribution >= 0.6 is 0 Å². The molecular weight excluding hydrogens is 387 g/mol. The molecule has 5 rings (SSSR count). The smallest absolute Gasteiger partial charge is 0.237 e. The summed E-state index contributed by atoms with van der Waals surface area (Å²) in [4.78, 5) is 9.65. The number of halogens is 1. The van der Waals surface area contributed by atoms with E-state index in [1.807, 2.05) is 85.8 Å². The van der Waals surface area contributed by atoms with Gasteiger partial charge >= 0.3 is 0 Å². The number of ether oxygens (including phenoxy) is 1. The van der Waals surface area contributed by atoms with Crippen LogP contribution in [-0.2, 0) is 10.3 Å². The predicted octanol–water partition coefficient (Wildman–Crippen LogP) is 5.99. The third-order valence-corrected chi connectivity index (χ3v) is 5.59. The molecule has 1 aromatic heterocycles. The normalized spacial score (nSPS) is 17.1. The zero-order valence-electron chi connectivity index (χ0n) is 17.1. The van der Waals surface area contributed by atoms with E-state index in [0.717, 1.165) is 22.4 Å². The van der Waals surface area contributed by atoms with Gasteiger partial charge in [-0.05, 0) is 36.8 Å². The number of hydrogen-bond acceptors (Lipinski definition) is 3. The van der Waals surface area contributed by atoms with E-state index < -0.39 is 11.6 Å². The summed E-state index contributed by atoms with van der Waals surface area (Å²) in [6.45, 7) is 1.94. The van der Waals surface area contributed by atoms with Crippen LogP contribution in [0.2, 0.25) is 0 Å². The summed E-state index contributed by atoms with van der Waals surface area (Å²) in [6.07, 6.45) is 0. The molecule has 2 heterocycles. The maximum absolute atomic E-state index is 13.7. The van der Waals surface area contributed by atoms with Crippen LogP contribution in [0.15, 0.2) is 108 Å². The molecule has 0 spiro atoms. The number of aryl methyl sites for hydroxylation is 1. The topological polar surface area (TPSA) is 34.5 Å². The van der Waals surface area contributed by atoms with E-state index in [9.17, 15) is 4.39 Å². The minimum absolute atomic E-state index is 0.280. The molecule has 0 saturated carbocycles. The Morgan fingerprint density at radius 3 is 1.94 bits per heavy atom. The fraction of sp³-hybridized carbons (Fsp3) is 0.111. The largest absolute Gasteiger partial charge is 0.457 e. The summed E-state index contributed by atoms with van der Waals surface area (Å²) in [5, 5.41) is 0. The van der Waals surface area contributed by atoms with Gasteiger partial charge in [-0.15, -0.1) is 0 Å². The van der Waals surface area contributed by atoms with Gasteiger partial charge in [-0.1, -0.05) is 78.9 Å². The highest BCUT2D eigenvalue weighted by molar-refractivity contribution is 5.94. The number of pyridine rings is 1. The van der Waals surface area contributed by atoms with E-state index in [2.05, 4.69) is 4.98 Å². The summed E-state index contributed by atoms with van der Waals surface area (Å²) in [7, 11) is 0. The zero-order valence-corrected chi connectivity index (χ0v) is 17.1. The SMILES string of the molecule is Cc1cccc(C2=N[C@@H](c3ccc(F)cc3)C(c3ccccc3)(c3ccccc3)O2)n1. The summed E-state index contributed by atoms with van der Waals surface area (Å²) in [5.41, 5.74) is 3.49. The van der Waals surface area contributed by atoms with Crippen molar-refractivity contribution < 1.29 is 9.13 Å². The lowest BCUT2D eigenvalue weighted by Gasteiger charge is -2.35. The van der Waals surface area contributed by atoms with Gasteiger partial charge in [-0.3, -0.25) is 0 Å². The highest BCUT2D eigenvalue weighted by atomic mass is 19.1. The fourth-order valence-corrected chi connectivity index (χ4v) is 4.15. The van der Waals surface area contributed by atoms with Crippen LogP contribution in [-0.4, -0.2) is 10.9 Å². The highest BCUT2D eigenvalue weighted by Crippen LogP contribution is 2.50. The number of aliphatic imine (C=N–C) groups is 1. The summed E-state index contributed by atoms with van der Waals surface area (Å²) in [5.74, 6) is 0.197. The Morgan fingerprint density at radius 2 is 1.35 bits per heavy atom. The lowest BCUT2D eigenvalue weighted by Crippen LogP contribution is -2.34. The molecule has 0 unspecified atom stereocenters. The van der Waals surface area contributed by atoms with Gasteiger partial charge in [0.25, 0.3) is 0 Å². The van der Waals surface area contributed by atoms with E-state index in [0.29, 0.717) is 11.6 Å². The zero-order chi connectivity index (χ0) is 21.3. The Hall–Kier alpha value is -3.79. The Morgan fingerprint density at radius 1 is 0.742 bits per heavy atom. The third kappa shape index (κ3) is 3.40. The first-order valence-corrected chi connectivity index (χ1v) is 10.2. The molecule has 1 atom stereocenters. The molecular formula is C27H21FN2O. The number of nitrogens with zero attached hydrogens (tertiary/aromatic N) is 2. The number of aromatic nitrogens is 1. The molecule has 1 aliphatic rings. The van der Waals surface area contributed by atoms with E-state index in [4.69, 9.17) is 9.73 Å². The second-order valence-electron chi connectivity index (χ2n) is 7.62. The lowest BCUT2D eigenvalue weighted by molar-refractivity contribution is 0.0976. The second-order valence-corrected chi connectivity index (χ2v) is 7.62. The molecule has 31 heavy (non-hydrogen) atoms. The Kier molecular flexibility index (Phi) is 4.83. The predicted molar refractivity (Wildman–Crippen MR) is 119 cm³/mol. The van der Waals surface area contributed by atoms with E-state index >= 15 is 0 Å². The van der Waals surface area contributed by atoms with Crippen LogP contribution in [0.4, 0.5) is 4.39 Å². The molecule has 3 nitrogen and oxygen atoms in total. The van der Waals surface area contributed by atoms with E-state index in [1.54, 1.807) is 12.1 Å². The van der Waals surface area contributed by atoms with Gasteiger partial charge in [0.1, 0.15) is 17.6 Å². The van der Waals surface area contributed by atoms with Gasteiger partial charge < -0.3 is 4.74 Å². The molecule has 0 fully saturated rings. The van der Waals surface area contributed by atoms with Gasteiger partial charge in [0, 0.05) is 16.8 Å². The van der Waals surface area contributed by atoms with Crippen molar-refractivity contribution in [2.24, 2.45) is 4.99 Å². The van der Waals surface area contributed by atoms with Crippen LogP contribution in [0, 0.1) is 12.7 Å². The molecule has 0 radical (unpaired) electrons. The van der Waals surface area contributed by atoms with E-state index in [-0.39, 0.29) is 5.82 Å². The van der Waals surface area contributed by atoms with Crippen molar-refractivity contribution >= 4 is 5.90 Å². The van der Waals surface area contributed by atoms with Crippen molar-refractivity contribution in [1.82, 2.24) is 4.98 Å². The maximum atomic E-state index is 13.7. The molecule has 3 aromatic carbocycles. The lowest BCUT2D eigenvalue weighted by atomic mass is 9.78. The van der Waals surface area contributed by atoms with Gasteiger partial charge in [0.15, 0.2) is 5.60 Å². The highest BCUT2D eigenvalue weighted by Gasteiger charge is 2.51. The van der Waals surface area contributed by atoms with Gasteiger partial charge in [0.05, 0.1) is 0 Å². The molecule has 0 aliphatic carbocycles. The first kappa shape index (κ1) is 19.2. The Balaban J connectivity index is 1.76. The molecule has 152 valence electrons. The van der Waals surface area contributed by atoms with Crippen molar-refractivity contribution in [1.29, 1.82) is 0 Å². The second kappa shape index (κ2) is 7.80. The summed E-state index contributed by atoms with van der Waals surface area (Å²) < 4.78 is 20.5. The minimum atomic E-state index is -0.902. The van der Waals surface area contributed by atoms with Crippen molar-refractivity contribution in [3.8, 4) is 0 Å². The molecule has 0 bridgehead atoms. The average molecular weight is 408 g/mol. The molecule has 0 N–H and O–H groups in total. The van der Waals surface area contributed by atoms with Gasteiger partial charge in [0.2, 0.25) is 5.90 Å². The molecule has 4 aromatic rings. The van der Waals surface area contributed by atoms with Crippen molar-refractivity contribution in [2.45, 2.75) is 18.6 Å². The fourth-order valence-electron chi connectivity index (χ4n) is 4.15. The van der Waals surface area contributed by atoms with Gasteiger partial charge in [-0.2, -0.15) is 0 Å². The first-order valence-electron chi connectivity index (χ1n) is 10.2. The number of hydrogen-bond donors (Lipinski definition) is 0. The average Bonchev–Trinajstić information content (AvgIpc) is 3.23. The molecule has 0 saturated heterocycles. The molecule has 4 heteroatoms. The van der Waals surface area contributed by atoms with Crippen LogP contribution in [0.5, 0.6) is 0 Å². The molecule has 1 aliphatic heterocycles. The van der Waals surface area contributed by atoms with Crippen molar-refractivity contribution in [3.63, 3.8) is 0 Å². The van der Waals surface area contributed by atoms with Crippen LogP contribution in [0.25, 0.3) is 0 Å². The van der Waals surface area contributed by atoms with Gasteiger partial charge in [-0.25, -0.2) is 14.4 Å². The standard InChI is InChI=1S/C27H21FN2O/c1-19-9-8-14-24(29-19)26-30-25(20-15-17-23(28)18-16-20)27(31-26,21-10-4-2-5-11-21)22-12-6-3-7-13-22/h2-18,25H,1H3/t25-/m0/s1. The third-order valence-electron chi connectivity index (χ3n) is 5.59. The minimum Gasteiger partial charge on any atom is -0.457 e. The quantitative estimate of drug-likeness (QED) is 0.416. The Bertz CT molecular complexity index is 1180. The van der Waals surface area contributed by atoms with Crippen molar-refractivity contribution in [2.75, 3.05) is 0 Å². The van der Waals surface area contributed by atoms with Crippen LogP contribution in [0.1, 0.15) is 34.1 Å². The summed E-state index contributed by atoms with van der Waals surface area (Å²) in [6, 6.07) is 32.0. The van der Waals surface area contributed by atoms with Crippen LogP contribution < -0.4 is 0 Å².